The predicted octanol–water partition coefficient (Wildman–Crippen LogP) is 0.585. The van der Waals surface area contributed by atoms with Gasteiger partial charge in [-0.25, -0.2) is 0 Å². The second-order valence-electron chi connectivity index (χ2n) is 5.37. The van der Waals surface area contributed by atoms with Crippen LogP contribution >= 0.6 is 0 Å². The highest BCUT2D eigenvalue weighted by Gasteiger charge is 2.31. The van der Waals surface area contributed by atoms with Crippen LogP contribution < -0.4 is 10.6 Å². The number of amides is 1. The first-order valence-corrected chi connectivity index (χ1v) is 6.91. The van der Waals surface area contributed by atoms with Gasteiger partial charge in [-0.3, -0.25) is 9.69 Å². The van der Waals surface area contributed by atoms with Crippen molar-refractivity contribution in [3.8, 4) is 0 Å². The van der Waals surface area contributed by atoms with Crippen molar-refractivity contribution >= 4 is 5.91 Å². The van der Waals surface area contributed by atoms with Crippen molar-refractivity contribution in [3.63, 3.8) is 0 Å². The van der Waals surface area contributed by atoms with Gasteiger partial charge < -0.3 is 10.6 Å². The van der Waals surface area contributed by atoms with Crippen LogP contribution in [0.4, 0.5) is 0 Å². The topological polar surface area (TPSA) is 44.4 Å². The summed E-state index contributed by atoms with van der Waals surface area (Å²) < 4.78 is 0. The lowest BCUT2D eigenvalue weighted by Gasteiger charge is -2.37. The molecule has 2 N–H and O–H groups in total. The van der Waals surface area contributed by atoms with Crippen LogP contribution in [0.3, 0.4) is 0 Å². The zero-order valence-electron chi connectivity index (χ0n) is 11.0. The average Bonchev–Trinajstić information content (AvgIpc) is 2.91. The molecule has 2 rings (SSSR count). The van der Waals surface area contributed by atoms with E-state index < -0.39 is 0 Å². The Labute approximate surface area is 104 Å². The van der Waals surface area contributed by atoms with E-state index in [-0.39, 0.29) is 11.9 Å². The minimum atomic E-state index is 0.0255. The Hall–Kier alpha value is -0.610. The molecule has 4 nitrogen and oxygen atoms in total. The van der Waals surface area contributed by atoms with Gasteiger partial charge in [0.2, 0.25) is 5.91 Å². The highest BCUT2D eigenvalue weighted by molar-refractivity contribution is 5.80. The molecule has 2 heterocycles. The highest BCUT2D eigenvalue weighted by Crippen LogP contribution is 2.26. The first-order valence-electron chi connectivity index (χ1n) is 6.91. The number of likely N-dealkylation sites (tertiary alicyclic amines) is 1. The second-order valence-corrected chi connectivity index (χ2v) is 5.37. The number of likely N-dealkylation sites (N-methyl/N-ethyl adjacent to an activating group) is 1. The summed E-state index contributed by atoms with van der Waals surface area (Å²) in [6, 6.07) is 0.768. The first kappa shape index (κ1) is 12.8. The average molecular weight is 239 g/mol. The summed E-state index contributed by atoms with van der Waals surface area (Å²) in [5.74, 6) is 0.966. The molecule has 17 heavy (non-hydrogen) atoms. The SMILES string of the molecule is CNC(=O)C(C)N1CCC(C2CCCN2)CC1. The van der Waals surface area contributed by atoms with Crippen LogP contribution in [0.25, 0.3) is 0 Å². The van der Waals surface area contributed by atoms with Crippen LogP contribution in [0, 0.1) is 5.92 Å². The third-order valence-corrected chi connectivity index (χ3v) is 4.42. The third kappa shape index (κ3) is 2.99. The fourth-order valence-corrected chi connectivity index (χ4v) is 3.20. The normalized spacial score (nSPS) is 29.2. The van der Waals surface area contributed by atoms with Gasteiger partial charge in [-0.05, 0) is 58.2 Å². The molecule has 2 unspecified atom stereocenters. The lowest BCUT2D eigenvalue weighted by molar-refractivity contribution is -0.125. The fourth-order valence-electron chi connectivity index (χ4n) is 3.20. The zero-order valence-corrected chi connectivity index (χ0v) is 11.0. The standard InChI is InChI=1S/C13H25N3O/c1-10(13(17)14-2)16-8-5-11(6-9-16)12-4-3-7-15-12/h10-12,15H,3-9H2,1-2H3,(H,14,17). The van der Waals surface area contributed by atoms with Gasteiger partial charge >= 0.3 is 0 Å². The van der Waals surface area contributed by atoms with Crippen molar-refractivity contribution < 1.29 is 4.79 Å². The molecule has 1 amide bonds. The maximum absolute atomic E-state index is 11.6. The van der Waals surface area contributed by atoms with E-state index in [1.807, 2.05) is 6.92 Å². The van der Waals surface area contributed by atoms with Crippen LogP contribution in [0.15, 0.2) is 0 Å². The summed E-state index contributed by atoms with van der Waals surface area (Å²) >= 11 is 0. The molecule has 0 aromatic heterocycles. The molecule has 2 saturated heterocycles. The Bertz CT molecular complexity index is 255. The second kappa shape index (κ2) is 5.83. The molecule has 98 valence electrons. The lowest BCUT2D eigenvalue weighted by atomic mass is 9.88. The monoisotopic (exact) mass is 239 g/mol. The first-order chi connectivity index (χ1) is 8.22. The minimum Gasteiger partial charge on any atom is -0.358 e. The molecule has 0 spiro atoms. The van der Waals surface area contributed by atoms with Crippen LogP contribution in [0.2, 0.25) is 0 Å². The van der Waals surface area contributed by atoms with E-state index in [0.29, 0.717) is 0 Å². The van der Waals surface area contributed by atoms with E-state index in [2.05, 4.69) is 15.5 Å². The van der Waals surface area contributed by atoms with E-state index in [4.69, 9.17) is 0 Å². The zero-order chi connectivity index (χ0) is 12.3. The van der Waals surface area contributed by atoms with E-state index in [1.54, 1.807) is 7.05 Å². The molecule has 0 aliphatic carbocycles. The van der Waals surface area contributed by atoms with Crippen molar-refractivity contribution in [1.29, 1.82) is 0 Å². The van der Waals surface area contributed by atoms with Gasteiger partial charge in [-0.15, -0.1) is 0 Å². The van der Waals surface area contributed by atoms with Crippen LogP contribution in [-0.4, -0.2) is 49.6 Å². The summed E-state index contributed by atoms with van der Waals surface area (Å²) in [5.41, 5.74) is 0. The molecule has 0 radical (unpaired) electrons. The molecule has 0 saturated carbocycles. The third-order valence-electron chi connectivity index (χ3n) is 4.42. The van der Waals surface area contributed by atoms with Crippen molar-refractivity contribution in [2.75, 3.05) is 26.7 Å². The molecular formula is C13H25N3O. The summed E-state index contributed by atoms with van der Waals surface area (Å²) in [6.07, 6.45) is 5.15. The highest BCUT2D eigenvalue weighted by atomic mass is 16.2. The lowest BCUT2D eigenvalue weighted by Crippen LogP contribution is -2.49. The Morgan fingerprint density at radius 1 is 1.35 bits per heavy atom. The Morgan fingerprint density at radius 3 is 2.59 bits per heavy atom. The number of nitrogens with one attached hydrogen (secondary N) is 2. The summed E-state index contributed by atoms with van der Waals surface area (Å²) in [5, 5.41) is 6.34. The molecule has 2 aliphatic rings. The number of piperidine rings is 1. The Kier molecular flexibility index (Phi) is 4.40. The molecule has 2 fully saturated rings. The molecule has 0 bridgehead atoms. The Balaban J connectivity index is 1.79. The largest absolute Gasteiger partial charge is 0.358 e. The van der Waals surface area contributed by atoms with Gasteiger partial charge in [0.25, 0.3) is 0 Å². The summed E-state index contributed by atoms with van der Waals surface area (Å²) in [6.45, 7) is 5.33. The summed E-state index contributed by atoms with van der Waals surface area (Å²) in [4.78, 5) is 13.9. The van der Waals surface area contributed by atoms with Gasteiger partial charge in [0.05, 0.1) is 6.04 Å². The van der Waals surface area contributed by atoms with Crippen molar-refractivity contribution in [2.24, 2.45) is 5.92 Å². The predicted molar refractivity (Wildman–Crippen MR) is 68.9 cm³/mol. The van der Waals surface area contributed by atoms with E-state index in [9.17, 15) is 4.79 Å². The van der Waals surface area contributed by atoms with E-state index in [1.165, 1.54) is 32.2 Å². The minimum absolute atomic E-state index is 0.0255. The molecule has 2 aliphatic heterocycles. The quantitative estimate of drug-likeness (QED) is 0.757. The van der Waals surface area contributed by atoms with Crippen LogP contribution in [0.5, 0.6) is 0 Å². The molecule has 0 aromatic rings. The van der Waals surface area contributed by atoms with E-state index >= 15 is 0 Å². The maximum atomic E-state index is 11.6. The number of rotatable bonds is 3. The van der Waals surface area contributed by atoms with E-state index in [0.717, 1.165) is 25.0 Å². The molecule has 2 atom stereocenters. The van der Waals surface area contributed by atoms with Gasteiger partial charge in [0.1, 0.15) is 0 Å². The Morgan fingerprint density at radius 2 is 2.06 bits per heavy atom. The number of carbonyl (C=O) groups is 1. The van der Waals surface area contributed by atoms with Gasteiger partial charge in [-0.2, -0.15) is 0 Å². The van der Waals surface area contributed by atoms with Crippen LogP contribution in [-0.2, 0) is 4.79 Å². The molecule has 0 aromatic carbocycles. The van der Waals surface area contributed by atoms with Crippen LogP contribution in [0.1, 0.15) is 32.6 Å². The molecule has 4 heteroatoms. The summed E-state index contributed by atoms with van der Waals surface area (Å²) in [7, 11) is 1.72. The van der Waals surface area contributed by atoms with Gasteiger partial charge in [-0.1, -0.05) is 0 Å². The maximum Gasteiger partial charge on any atom is 0.236 e. The van der Waals surface area contributed by atoms with Crippen molar-refractivity contribution in [2.45, 2.75) is 44.7 Å². The fraction of sp³-hybridized carbons (Fsp3) is 0.923. The van der Waals surface area contributed by atoms with Crippen molar-refractivity contribution in [1.82, 2.24) is 15.5 Å². The smallest absolute Gasteiger partial charge is 0.236 e. The van der Waals surface area contributed by atoms with Gasteiger partial charge in [0, 0.05) is 13.1 Å². The van der Waals surface area contributed by atoms with Crippen molar-refractivity contribution in [3.05, 3.63) is 0 Å². The number of carbonyl (C=O) groups excluding carboxylic acids is 1. The van der Waals surface area contributed by atoms with Gasteiger partial charge in [0.15, 0.2) is 0 Å². The number of hydrogen-bond donors (Lipinski definition) is 2. The number of hydrogen-bond acceptors (Lipinski definition) is 3. The number of nitrogens with zero attached hydrogens (tertiary/aromatic N) is 1. The molecular weight excluding hydrogens is 214 g/mol.